The minimum atomic E-state index is -0.408. The van der Waals surface area contributed by atoms with Gasteiger partial charge in [-0.15, -0.1) is 0 Å². The van der Waals surface area contributed by atoms with Crippen molar-refractivity contribution in [1.29, 1.82) is 0 Å². The number of benzene rings is 1. The van der Waals surface area contributed by atoms with Crippen LogP contribution in [0.1, 0.15) is 41.6 Å². The predicted octanol–water partition coefficient (Wildman–Crippen LogP) is 3.78. The van der Waals surface area contributed by atoms with Crippen molar-refractivity contribution in [3.63, 3.8) is 0 Å². The van der Waals surface area contributed by atoms with Gasteiger partial charge in [0.1, 0.15) is 5.65 Å². The van der Waals surface area contributed by atoms with E-state index < -0.39 is 6.10 Å². The molecule has 1 aliphatic heterocycles. The Bertz CT molecular complexity index is 832. The highest BCUT2D eigenvalue weighted by Crippen LogP contribution is 2.33. The van der Waals surface area contributed by atoms with E-state index in [9.17, 15) is 5.11 Å². The Morgan fingerprint density at radius 1 is 1.20 bits per heavy atom. The predicted molar refractivity (Wildman–Crippen MR) is 101 cm³/mol. The van der Waals surface area contributed by atoms with Crippen molar-refractivity contribution in [1.82, 2.24) is 14.9 Å². The molecule has 2 aromatic heterocycles. The van der Waals surface area contributed by atoms with E-state index in [2.05, 4.69) is 46.2 Å². The van der Waals surface area contributed by atoms with Gasteiger partial charge in [-0.3, -0.25) is 0 Å². The first-order chi connectivity index (χ1) is 12.2. The van der Waals surface area contributed by atoms with E-state index in [1.54, 1.807) is 0 Å². The van der Waals surface area contributed by atoms with E-state index in [4.69, 9.17) is 0 Å². The number of aromatic amines is 1. The van der Waals surface area contributed by atoms with Crippen LogP contribution in [0, 0.1) is 6.92 Å². The maximum absolute atomic E-state index is 10.5. The van der Waals surface area contributed by atoms with E-state index in [0.29, 0.717) is 12.5 Å². The molecular weight excluding hydrogens is 310 g/mol. The maximum Gasteiger partial charge on any atom is 0.137 e. The van der Waals surface area contributed by atoms with Gasteiger partial charge in [0.2, 0.25) is 0 Å². The molecule has 0 saturated carbocycles. The van der Waals surface area contributed by atoms with Crippen molar-refractivity contribution in [3.05, 3.63) is 65.5 Å². The zero-order valence-corrected chi connectivity index (χ0v) is 14.7. The van der Waals surface area contributed by atoms with Crippen LogP contribution >= 0.6 is 0 Å². The van der Waals surface area contributed by atoms with Crippen LogP contribution in [0.25, 0.3) is 11.0 Å². The minimum Gasteiger partial charge on any atom is -0.387 e. The number of pyridine rings is 1. The topological polar surface area (TPSA) is 52.1 Å². The van der Waals surface area contributed by atoms with Crippen molar-refractivity contribution in [2.75, 3.05) is 19.6 Å². The molecule has 2 N–H and O–H groups in total. The quantitative estimate of drug-likeness (QED) is 0.763. The molecule has 1 fully saturated rings. The molecule has 3 aromatic rings. The van der Waals surface area contributed by atoms with Gasteiger partial charge < -0.3 is 15.0 Å². The van der Waals surface area contributed by atoms with Gasteiger partial charge in [-0.25, -0.2) is 4.98 Å². The molecule has 4 heteroatoms. The number of aryl methyl sites for hydroxylation is 1. The summed E-state index contributed by atoms with van der Waals surface area (Å²) in [6.07, 6.45) is 5.80. The van der Waals surface area contributed by atoms with Gasteiger partial charge in [-0.1, -0.05) is 29.8 Å². The summed E-state index contributed by atoms with van der Waals surface area (Å²) in [4.78, 5) is 10.1. The normalized spacial score (nSPS) is 17.8. The number of fused-ring (bicyclic) bond motifs is 1. The third-order valence-electron chi connectivity index (χ3n) is 5.40. The number of aliphatic hydroxyl groups is 1. The van der Waals surface area contributed by atoms with Crippen molar-refractivity contribution in [3.8, 4) is 0 Å². The van der Waals surface area contributed by atoms with E-state index in [1.165, 1.54) is 16.5 Å². The van der Waals surface area contributed by atoms with E-state index in [0.717, 1.165) is 37.1 Å². The molecular formula is C21H25N3O. The van der Waals surface area contributed by atoms with Crippen LogP contribution in [0.3, 0.4) is 0 Å². The smallest absolute Gasteiger partial charge is 0.137 e. The summed E-state index contributed by atoms with van der Waals surface area (Å²) in [5, 5.41) is 11.8. The summed E-state index contributed by atoms with van der Waals surface area (Å²) < 4.78 is 0. The van der Waals surface area contributed by atoms with E-state index in [-0.39, 0.29) is 0 Å². The lowest BCUT2D eigenvalue weighted by Crippen LogP contribution is -2.36. The van der Waals surface area contributed by atoms with Gasteiger partial charge in [-0.05, 0) is 62.0 Å². The highest BCUT2D eigenvalue weighted by molar-refractivity contribution is 5.80. The molecule has 1 unspecified atom stereocenters. The van der Waals surface area contributed by atoms with Gasteiger partial charge in [0.25, 0.3) is 0 Å². The number of hydrogen-bond donors (Lipinski definition) is 2. The van der Waals surface area contributed by atoms with Gasteiger partial charge in [-0.2, -0.15) is 0 Å². The molecule has 4 rings (SSSR count). The molecule has 1 aromatic carbocycles. The summed E-state index contributed by atoms with van der Waals surface area (Å²) in [5.41, 5.74) is 4.61. The maximum atomic E-state index is 10.5. The first kappa shape index (κ1) is 16.3. The van der Waals surface area contributed by atoms with Gasteiger partial charge in [0, 0.05) is 24.3 Å². The molecule has 0 amide bonds. The number of nitrogens with zero attached hydrogens (tertiary/aromatic N) is 2. The molecule has 0 bridgehead atoms. The number of hydrogen-bond acceptors (Lipinski definition) is 3. The fourth-order valence-corrected chi connectivity index (χ4v) is 3.88. The van der Waals surface area contributed by atoms with Crippen molar-refractivity contribution in [2.24, 2.45) is 0 Å². The average Bonchev–Trinajstić information content (AvgIpc) is 3.07. The summed E-state index contributed by atoms with van der Waals surface area (Å²) in [6.45, 7) is 4.84. The second-order valence-corrected chi connectivity index (χ2v) is 7.14. The number of aliphatic hydroxyl groups excluding tert-OH is 1. The van der Waals surface area contributed by atoms with Crippen molar-refractivity contribution >= 4 is 11.0 Å². The average molecular weight is 335 g/mol. The third-order valence-corrected chi connectivity index (χ3v) is 5.40. The standard InChI is InChI=1S/C21H25N3O/c1-15-4-6-17(7-5-15)20(25)14-24-11-8-16(9-12-24)19-13-23-21-18(19)3-2-10-22-21/h2-7,10,13,16,20,25H,8-9,11-12,14H2,1H3,(H,22,23). The van der Waals surface area contributed by atoms with Crippen LogP contribution < -0.4 is 0 Å². The highest BCUT2D eigenvalue weighted by atomic mass is 16.3. The van der Waals surface area contributed by atoms with Crippen molar-refractivity contribution in [2.45, 2.75) is 31.8 Å². The molecule has 25 heavy (non-hydrogen) atoms. The Morgan fingerprint density at radius 2 is 1.96 bits per heavy atom. The molecule has 1 atom stereocenters. The number of β-amino-alcohol motifs (C(OH)–C–C–N with tert-alkyl or cyclic N) is 1. The Hall–Kier alpha value is -2.17. The second-order valence-electron chi connectivity index (χ2n) is 7.14. The molecule has 1 aliphatic rings. The number of nitrogens with one attached hydrogen (secondary N) is 1. The summed E-state index contributed by atoms with van der Waals surface area (Å²) in [7, 11) is 0. The molecule has 130 valence electrons. The van der Waals surface area contributed by atoms with Crippen LogP contribution in [0.15, 0.2) is 48.8 Å². The lowest BCUT2D eigenvalue weighted by molar-refractivity contribution is 0.0973. The largest absolute Gasteiger partial charge is 0.387 e. The zero-order chi connectivity index (χ0) is 17.2. The lowest BCUT2D eigenvalue weighted by Gasteiger charge is -2.33. The molecule has 0 spiro atoms. The number of H-pyrrole nitrogens is 1. The van der Waals surface area contributed by atoms with Crippen LogP contribution in [0.2, 0.25) is 0 Å². The van der Waals surface area contributed by atoms with Crippen LogP contribution in [-0.2, 0) is 0 Å². The van der Waals surface area contributed by atoms with Gasteiger partial charge >= 0.3 is 0 Å². The molecule has 0 radical (unpaired) electrons. The fraction of sp³-hybridized carbons (Fsp3) is 0.381. The van der Waals surface area contributed by atoms with Crippen LogP contribution in [-0.4, -0.2) is 39.6 Å². The summed E-state index contributed by atoms with van der Waals surface area (Å²) >= 11 is 0. The molecule has 1 saturated heterocycles. The van der Waals surface area contributed by atoms with Crippen LogP contribution in [0.5, 0.6) is 0 Å². The van der Waals surface area contributed by atoms with Crippen LogP contribution in [0.4, 0.5) is 0 Å². The lowest BCUT2D eigenvalue weighted by atomic mass is 9.89. The first-order valence-corrected chi connectivity index (χ1v) is 9.09. The molecule has 0 aliphatic carbocycles. The zero-order valence-electron chi connectivity index (χ0n) is 14.7. The Kier molecular flexibility index (Phi) is 4.55. The fourth-order valence-electron chi connectivity index (χ4n) is 3.88. The summed E-state index contributed by atoms with van der Waals surface area (Å²) in [5.74, 6) is 0.575. The number of piperidine rings is 1. The first-order valence-electron chi connectivity index (χ1n) is 9.09. The Balaban J connectivity index is 1.37. The van der Waals surface area contributed by atoms with Gasteiger partial charge in [0.15, 0.2) is 0 Å². The number of likely N-dealkylation sites (tertiary alicyclic amines) is 1. The van der Waals surface area contributed by atoms with Crippen molar-refractivity contribution < 1.29 is 5.11 Å². The summed E-state index contributed by atoms with van der Waals surface area (Å²) in [6, 6.07) is 12.4. The third kappa shape index (κ3) is 3.46. The van der Waals surface area contributed by atoms with E-state index >= 15 is 0 Å². The Morgan fingerprint density at radius 3 is 2.72 bits per heavy atom. The Labute approximate surface area is 148 Å². The van der Waals surface area contributed by atoms with Gasteiger partial charge in [0.05, 0.1) is 6.10 Å². The SMILES string of the molecule is Cc1ccc(C(O)CN2CCC(c3c[nH]c4ncccc34)CC2)cc1. The number of aromatic nitrogens is 2. The highest BCUT2D eigenvalue weighted by Gasteiger charge is 2.24. The van der Waals surface area contributed by atoms with E-state index in [1.807, 2.05) is 24.4 Å². The second kappa shape index (κ2) is 6.98. The number of rotatable bonds is 4. The monoisotopic (exact) mass is 335 g/mol. The molecule has 3 heterocycles. The minimum absolute atomic E-state index is 0.408. The molecule has 4 nitrogen and oxygen atoms in total.